The first-order chi connectivity index (χ1) is 7.25. The molecular weight excluding hydrogens is 216 g/mol. The summed E-state index contributed by atoms with van der Waals surface area (Å²) in [5.41, 5.74) is 0. The molecule has 7 heteroatoms. The summed E-state index contributed by atoms with van der Waals surface area (Å²) >= 11 is 1.03. The number of anilines is 2. The van der Waals surface area contributed by atoms with E-state index in [9.17, 15) is 4.79 Å². The third kappa shape index (κ3) is 2.26. The third-order valence-corrected chi connectivity index (χ3v) is 2.40. The van der Waals surface area contributed by atoms with Gasteiger partial charge in [-0.3, -0.25) is 0 Å². The fourth-order valence-electron chi connectivity index (χ4n) is 0.890. The van der Waals surface area contributed by atoms with Crippen LogP contribution in [0.25, 0.3) is 0 Å². The molecule has 6 nitrogen and oxygen atoms in total. The Morgan fingerprint density at radius 3 is 2.67 bits per heavy atom. The minimum absolute atomic E-state index is 0.174. The lowest BCUT2D eigenvalue weighted by Crippen LogP contribution is -1.94. The molecular formula is C8H6N4O2S. The van der Waals surface area contributed by atoms with Crippen molar-refractivity contribution in [3.05, 3.63) is 29.5 Å². The fraction of sp³-hybridized carbons (Fsp3) is 0. The number of carbonyl (C=O) groups is 1. The van der Waals surface area contributed by atoms with Gasteiger partial charge in [0.05, 0.1) is 6.20 Å². The maximum Gasteiger partial charge on any atom is 0.347 e. The van der Waals surface area contributed by atoms with E-state index in [4.69, 9.17) is 5.11 Å². The maximum atomic E-state index is 10.6. The van der Waals surface area contributed by atoms with E-state index < -0.39 is 5.97 Å². The first kappa shape index (κ1) is 9.53. The van der Waals surface area contributed by atoms with Gasteiger partial charge in [0.15, 0.2) is 5.13 Å². The smallest absolute Gasteiger partial charge is 0.347 e. The number of nitrogens with one attached hydrogen (secondary N) is 1. The highest BCUT2D eigenvalue weighted by Crippen LogP contribution is 2.20. The molecule has 0 aliphatic carbocycles. The molecule has 76 valence electrons. The van der Waals surface area contributed by atoms with Gasteiger partial charge in [0, 0.05) is 12.4 Å². The van der Waals surface area contributed by atoms with Crippen LogP contribution < -0.4 is 5.32 Å². The lowest BCUT2D eigenvalue weighted by Gasteiger charge is -1.97. The number of hydrogen-bond acceptors (Lipinski definition) is 6. The summed E-state index contributed by atoms with van der Waals surface area (Å²) in [4.78, 5) is 22.5. The van der Waals surface area contributed by atoms with Crippen LogP contribution in [0.2, 0.25) is 0 Å². The summed E-state index contributed by atoms with van der Waals surface area (Å²) in [6.07, 6.45) is 4.46. The van der Waals surface area contributed by atoms with Gasteiger partial charge in [0.1, 0.15) is 4.88 Å². The Morgan fingerprint density at radius 1 is 1.33 bits per heavy atom. The maximum absolute atomic E-state index is 10.6. The molecule has 0 aliphatic rings. The standard InChI is InChI=1S/C8H6N4O2S/c13-6(14)5-4-11-8(15-5)12-7-9-2-1-3-10-7/h1-4H,(H,13,14)(H,9,10,11,12). The molecule has 2 aromatic heterocycles. The van der Waals surface area contributed by atoms with E-state index in [0.717, 1.165) is 11.3 Å². The van der Waals surface area contributed by atoms with Crippen molar-refractivity contribution in [2.75, 3.05) is 5.32 Å². The molecule has 0 fully saturated rings. The van der Waals surface area contributed by atoms with Gasteiger partial charge in [0.25, 0.3) is 0 Å². The number of nitrogens with zero attached hydrogens (tertiary/aromatic N) is 3. The van der Waals surface area contributed by atoms with Crippen molar-refractivity contribution in [1.29, 1.82) is 0 Å². The average molecular weight is 222 g/mol. The molecule has 0 radical (unpaired) electrons. The highest BCUT2D eigenvalue weighted by atomic mass is 32.1. The van der Waals surface area contributed by atoms with E-state index in [1.807, 2.05) is 0 Å². The van der Waals surface area contributed by atoms with E-state index in [1.54, 1.807) is 18.5 Å². The highest BCUT2D eigenvalue weighted by Gasteiger charge is 2.08. The van der Waals surface area contributed by atoms with Gasteiger partial charge in [-0.15, -0.1) is 0 Å². The molecule has 0 unspecified atom stereocenters. The minimum atomic E-state index is -0.991. The number of hydrogen-bond donors (Lipinski definition) is 2. The van der Waals surface area contributed by atoms with Crippen LogP contribution in [0.1, 0.15) is 9.67 Å². The number of carboxylic acid groups (broad SMARTS) is 1. The van der Waals surface area contributed by atoms with Gasteiger partial charge in [-0.25, -0.2) is 19.7 Å². The van der Waals surface area contributed by atoms with Crippen LogP contribution in [-0.2, 0) is 0 Å². The van der Waals surface area contributed by atoms with Crippen LogP contribution in [0.5, 0.6) is 0 Å². The molecule has 0 saturated carbocycles. The Morgan fingerprint density at radius 2 is 2.07 bits per heavy atom. The van der Waals surface area contributed by atoms with Crippen molar-refractivity contribution < 1.29 is 9.90 Å². The molecule has 0 amide bonds. The summed E-state index contributed by atoms with van der Waals surface area (Å²) in [7, 11) is 0. The Labute approximate surface area is 88.7 Å². The zero-order valence-corrected chi connectivity index (χ0v) is 8.23. The van der Waals surface area contributed by atoms with E-state index >= 15 is 0 Å². The average Bonchev–Trinajstić information content (AvgIpc) is 2.68. The van der Waals surface area contributed by atoms with Gasteiger partial charge in [-0.2, -0.15) is 0 Å². The lowest BCUT2D eigenvalue weighted by atomic mass is 10.6. The Kier molecular flexibility index (Phi) is 2.55. The molecule has 2 heterocycles. The predicted molar refractivity (Wildman–Crippen MR) is 54.4 cm³/mol. The number of thiazole rings is 1. The van der Waals surface area contributed by atoms with E-state index in [1.165, 1.54) is 6.20 Å². The Balaban J connectivity index is 2.15. The topological polar surface area (TPSA) is 88.0 Å². The first-order valence-electron chi connectivity index (χ1n) is 3.99. The summed E-state index contributed by atoms with van der Waals surface area (Å²) in [6, 6.07) is 1.69. The largest absolute Gasteiger partial charge is 0.477 e. The molecule has 0 bridgehead atoms. The van der Waals surface area contributed by atoms with Crippen LogP contribution in [-0.4, -0.2) is 26.0 Å². The van der Waals surface area contributed by atoms with Gasteiger partial charge in [0.2, 0.25) is 5.95 Å². The molecule has 0 spiro atoms. The molecule has 2 N–H and O–H groups in total. The van der Waals surface area contributed by atoms with E-state index in [2.05, 4.69) is 20.3 Å². The summed E-state index contributed by atoms with van der Waals surface area (Å²) in [5, 5.41) is 11.9. The van der Waals surface area contributed by atoms with Crippen molar-refractivity contribution in [1.82, 2.24) is 15.0 Å². The zero-order chi connectivity index (χ0) is 10.7. The fourth-order valence-corrected chi connectivity index (χ4v) is 1.54. The van der Waals surface area contributed by atoms with Gasteiger partial charge >= 0.3 is 5.97 Å². The normalized spacial score (nSPS) is 9.87. The van der Waals surface area contributed by atoms with E-state index in [0.29, 0.717) is 11.1 Å². The summed E-state index contributed by atoms with van der Waals surface area (Å²) in [5.74, 6) is -0.599. The second kappa shape index (κ2) is 4.01. The van der Waals surface area contributed by atoms with Crippen molar-refractivity contribution >= 4 is 28.4 Å². The number of aromatic carboxylic acids is 1. The van der Waals surface area contributed by atoms with Crippen LogP contribution in [0, 0.1) is 0 Å². The van der Waals surface area contributed by atoms with Crippen LogP contribution in [0.4, 0.5) is 11.1 Å². The predicted octanol–water partition coefficient (Wildman–Crippen LogP) is 1.37. The monoisotopic (exact) mass is 222 g/mol. The SMILES string of the molecule is O=C(O)c1cnc(Nc2ncccn2)s1. The lowest BCUT2D eigenvalue weighted by molar-refractivity contribution is 0.0702. The third-order valence-electron chi connectivity index (χ3n) is 1.50. The van der Waals surface area contributed by atoms with Gasteiger partial charge in [-0.1, -0.05) is 11.3 Å². The second-order valence-corrected chi connectivity index (χ2v) is 3.56. The van der Waals surface area contributed by atoms with Crippen molar-refractivity contribution in [3.63, 3.8) is 0 Å². The Hall–Kier alpha value is -2.02. The first-order valence-corrected chi connectivity index (χ1v) is 4.80. The molecule has 0 aliphatic heterocycles. The number of carboxylic acids is 1. The van der Waals surface area contributed by atoms with Crippen LogP contribution in [0.15, 0.2) is 24.7 Å². The number of aromatic nitrogens is 3. The van der Waals surface area contributed by atoms with Gasteiger partial charge < -0.3 is 10.4 Å². The van der Waals surface area contributed by atoms with Crippen molar-refractivity contribution in [3.8, 4) is 0 Å². The quantitative estimate of drug-likeness (QED) is 0.815. The van der Waals surface area contributed by atoms with Crippen LogP contribution in [0.3, 0.4) is 0 Å². The van der Waals surface area contributed by atoms with Crippen molar-refractivity contribution in [2.24, 2.45) is 0 Å². The minimum Gasteiger partial charge on any atom is -0.477 e. The Bertz CT molecular complexity index is 471. The molecule has 0 atom stereocenters. The molecule has 15 heavy (non-hydrogen) atoms. The molecule has 0 aromatic carbocycles. The highest BCUT2D eigenvalue weighted by molar-refractivity contribution is 7.17. The van der Waals surface area contributed by atoms with Crippen LogP contribution >= 0.6 is 11.3 Å². The molecule has 0 saturated heterocycles. The second-order valence-electron chi connectivity index (χ2n) is 2.53. The molecule has 2 aromatic rings. The molecule has 2 rings (SSSR count). The summed E-state index contributed by atoms with van der Waals surface area (Å²) in [6.45, 7) is 0. The van der Waals surface area contributed by atoms with Crippen molar-refractivity contribution in [2.45, 2.75) is 0 Å². The van der Waals surface area contributed by atoms with E-state index in [-0.39, 0.29) is 4.88 Å². The summed E-state index contributed by atoms with van der Waals surface area (Å²) < 4.78 is 0. The number of rotatable bonds is 3. The van der Waals surface area contributed by atoms with Gasteiger partial charge in [-0.05, 0) is 6.07 Å². The zero-order valence-electron chi connectivity index (χ0n) is 7.41.